The van der Waals surface area contributed by atoms with Crippen molar-refractivity contribution >= 4 is 16.8 Å². The summed E-state index contributed by atoms with van der Waals surface area (Å²) < 4.78 is 2.22. The normalized spacial score (nSPS) is 20.2. The molecule has 2 aromatic heterocycles. The smallest absolute Gasteiger partial charge is 0.254 e. The Morgan fingerprint density at radius 2 is 2.15 bits per heavy atom. The van der Waals surface area contributed by atoms with Gasteiger partial charge in [0.15, 0.2) is 0 Å². The first-order chi connectivity index (χ1) is 12.8. The highest BCUT2D eigenvalue weighted by Gasteiger charge is 2.31. The van der Waals surface area contributed by atoms with Crippen LogP contribution in [0.4, 0.5) is 0 Å². The Labute approximate surface area is 152 Å². The van der Waals surface area contributed by atoms with E-state index in [1.807, 2.05) is 36.8 Å². The van der Waals surface area contributed by atoms with Crippen molar-refractivity contribution < 1.29 is 4.79 Å². The summed E-state index contributed by atoms with van der Waals surface area (Å²) in [6.07, 6.45) is 10.2. The van der Waals surface area contributed by atoms with E-state index >= 15 is 0 Å². The molecule has 1 amide bonds. The summed E-state index contributed by atoms with van der Waals surface area (Å²) in [5.41, 5.74) is 1.79. The standard InChI is InChI=1S/C20H23N5O/c26-20(15-4-3-14-9-10-21-18(14)12-15)24-11-1-2-16(24)7-8-19-23-22-13-25(19)17-5-6-17/h3-4,9-10,12-13,16-17,21H,1-2,5-8,11H2. The molecular formula is C20H23N5O. The Balaban J connectivity index is 1.30. The number of nitrogens with one attached hydrogen (secondary N) is 1. The fraction of sp³-hybridized carbons (Fsp3) is 0.450. The Hall–Kier alpha value is -2.63. The average molecular weight is 349 g/mol. The zero-order chi connectivity index (χ0) is 17.5. The Kier molecular flexibility index (Phi) is 3.76. The third-order valence-electron chi connectivity index (χ3n) is 5.73. The third-order valence-corrected chi connectivity index (χ3v) is 5.73. The maximum atomic E-state index is 13.0. The molecule has 3 heterocycles. The van der Waals surface area contributed by atoms with E-state index < -0.39 is 0 Å². The Morgan fingerprint density at radius 1 is 1.23 bits per heavy atom. The summed E-state index contributed by atoms with van der Waals surface area (Å²) >= 11 is 0. The molecule has 1 aliphatic heterocycles. The second kappa shape index (κ2) is 6.27. The number of benzene rings is 1. The molecule has 1 saturated heterocycles. The zero-order valence-corrected chi connectivity index (χ0v) is 14.8. The number of rotatable bonds is 5. The molecule has 26 heavy (non-hydrogen) atoms. The lowest BCUT2D eigenvalue weighted by atomic mass is 10.1. The lowest BCUT2D eigenvalue weighted by Crippen LogP contribution is -2.36. The summed E-state index contributed by atoms with van der Waals surface area (Å²) in [6.45, 7) is 0.849. The molecular weight excluding hydrogens is 326 g/mol. The number of hydrogen-bond acceptors (Lipinski definition) is 3. The van der Waals surface area contributed by atoms with Crippen LogP contribution in [0.15, 0.2) is 36.8 Å². The Morgan fingerprint density at radius 3 is 3.04 bits per heavy atom. The van der Waals surface area contributed by atoms with Gasteiger partial charge in [-0.2, -0.15) is 0 Å². The minimum atomic E-state index is 0.146. The number of fused-ring (bicyclic) bond motifs is 1. The molecule has 134 valence electrons. The van der Waals surface area contributed by atoms with Crippen LogP contribution in [-0.2, 0) is 6.42 Å². The molecule has 0 spiro atoms. The van der Waals surface area contributed by atoms with Gasteiger partial charge in [-0.05, 0) is 55.7 Å². The van der Waals surface area contributed by atoms with Gasteiger partial charge in [-0.1, -0.05) is 6.07 Å². The first-order valence-electron chi connectivity index (χ1n) is 9.56. The van der Waals surface area contributed by atoms with Crippen LogP contribution in [0.5, 0.6) is 0 Å². The van der Waals surface area contributed by atoms with Gasteiger partial charge >= 0.3 is 0 Å². The molecule has 3 aromatic rings. The summed E-state index contributed by atoms with van der Waals surface area (Å²) in [4.78, 5) is 18.3. The van der Waals surface area contributed by atoms with Gasteiger partial charge in [0.25, 0.3) is 5.91 Å². The Bertz CT molecular complexity index is 938. The maximum Gasteiger partial charge on any atom is 0.254 e. The van der Waals surface area contributed by atoms with Gasteiger partial charge < -0.3 is 14.5 Å². The number of H-pyrrole nitrogens is 1. The molecule has 1 atom stereocenters. The number of nitrogens with zero attached hydrogens (tertiary/aromatic N) is 4. The van der Waals surface area contributed by atoms with E-state index in [2.05, 4.69) is 24.6 Å². The van der Waals surface area contributed by atoms with Crippen LogP contribution in [0, 0.1) is 0 Å². The van der Waals surface area contributed by atoms with E-state index in [1.54, 1.807) is 0 Å². The number of likely N-dealkylation sites (tertiary alicyclic amines) is 1. The second-order valence-corrected chi connectivity index (χ2v) is 7.50. The SMILES string of the molecule is O=C(c1ccc2cc[nH]c2c1)N1CCCC1CCc1nncn1C1CC1. The van der Waals surface area contributed by atoms with Gasteiger partial charge in [-0.3, -0.25) is 4.79 Å². The van der Waals surface area contributed by atoms with E-state index in [-0.39, 0.29) is 5.91 Å². The number of carbonyl (C=O) groups is 1. The predicted molar refractivity (Wildman–Crippen MR) is 99.0 cm³/mol. The van der Waals surface area contributed by atoms with Gasteiger partial charge in [0.1, 0.15) is 12.2 Å². The van der Waals surface area contributed by atoms with Crippen molar-refractivity contribution in [2.24, 2.45) is 0 Å². The van der Waals surface area contributed by atoms with Gasteiger partial charge in [-0.25, -0.2) is 0 Å². The number of hydrogen-bond donors (Lipinski definition) is 1. The molecule has 1 saturated carbocycles. The monoisotopic (exact) mass is 349 g/mol. The highest BCUT2D eigenvalue weighted by atomic mass is 16.2. The number of aromatic nitrogens is 4. The fourth-order valence-corrected chi connectivity index (χ4v) is 4.15. The van der Waals surface area contributed by atoms with Crippen LogP contribution in [0.25, 0.3) is 10.9 Å². The van der Waals surface area contributed by atoms with Crippen LogP contribution in [0.2, 0.25) is 0 Å². The molecule has 1 unspecified atom stereocenters. The van der Waals surface area contributed by atoms with E-state index in [9.17, 15) is 4.79 Å². The van der Waals surface area contributed by atoms with Crippen molar-refractivity contribution in [2.45, 2.75) is 50.6 Å². The van der Waals surface area contributed by atoms with Crippen molar-refractivity contribution in [2.75, 3.05) is 6.54 Å². The highest BCUT2D eigenvalue weighted by molar-refractivity contribution is 5.98. The van der Waals surface area contributed by atoms with Gasteiger partial charge in [-0.15, -0.1) is 10.2 Å². The molecule has 0 radical (unpaired) electrons. The molecule has 1 aromatic carbocycles. The number of aromatic amines is 1. The van der Waals surface area contributed by atoms with Crippen LogP contribution in [0.1, 0.15) is 54.3 Å². The summed E-state index contributed by atoms with van der Waals surface area (Å²) in [5.74, 6) is 1.22. The molecule has 6 heteroatoms. The summed E-state index contributed by atoms with van der Waals surface area (Å²) in [6, 6.07) is 8.86. The van der Waals surface area contributed by atoms with Crippen molar-refractivity contribution in [3.05, 3.63) is 48.2 Å². The quantitative estimate of drug-likeness (QED) is 0.768. The van der Waals surface area contributed by atoms with E-state index in [0.717, 1.165) is 54.5 Å². The fourth-order valence-electron chi connectivity index (χ4n) is 4.15. The summed E-state index contributed by atoms with van der Waals surface area (Å²) in [7, 11) is 0. The molecule has 1 aliphatic carbocycles. The topological polar surface area (TPSA) is 66.8 Å². The van der Waals surface area contributed by atoms with Crippen LogP contribution < -0.4 is 0 Å². The molecule has 5 rings (SSSR count). The summed E-state index contributed by atoms with van der Waals surface area (Å²) in [5, 5.41) is 9.52. The van der Waals surface area contributed by atoms with E-state index in [4.69, 9.17) is 0 Å². The minimum absolute atomic E-state index is 0.146. The molecule has 2 fully saturated rings. The van der Waals surface area contributed by atoms with Crippen LogP contribution in [-0.4, -0.2) is 43.1 Å². The highest BCUT2D eigenvalue weighted by Crippen LogP contribution is 2.35. The van der Waals surface area contributed by atoms with Crippen molar-refractivity contribution in [3.63, 3.8) is 0 Å². The second-order valence-electron chi connectivity index (χ2n) is 7.50. The van der Waals surface area contributed by atoms with Crippen molar-refractivity contribution in [1.82, 2.24) is 24.6 Å². The third kappa shape index (κ3) is 2.79. The van der Waals surface area contributed by atoms with Gasteiger partial charge in [0, 0.05) is 42.3 Å². The van der Waals surface area contributed by atoms with Gasteiger partial charge in [0.05, 0.1) is 0 Å². The zero-order valence-electron chi connectivity index (χ0n) is 14.8. The predicted octanol–water partition coefficient (Wildman–Crippen LogP) is 3.33. The lowest BCUT2D eigenvalue weighted by Gasteiger charge is -2.25. The molecule has 0 bridgehead atoms. The molecule has 1 N–H and O–H groups in total. The lowest BCUT2D eigenvalue weighted by molar-refractivity contribution is 0.0730. The maximum absolute atomic E-state index is 13.0. The number of carbonyl (C=O) groups excluding carboxylic acids is 1. The van der Waals surface area contributed by atoms with Crippen LogP contribution >= 0.6 is 0 Å². The van der Waals surface area contributed by atoms with Crippen molar-refractivity contribution in [3.8, 4) is 0 Å². The largest absolute Gasteiger partial charge is 0.361 e. The van der Waals surface area contributed by atoms with E-state index in [0.29, 0.717) is 12.1 Å². The average Bonchev–Trinajstić information content (AvgIpc) is 3.07. The van der Waals surface area contributed by atoms with Gasteiger partial charge in [0.2, 0.25) is 0 Å². The minimum Gasteiger partial charge on any atom is -0.361 e. The molecule has 2 aliphatic rings. The van der Waals surface area contributed by atoms with E-state index in [1.165, 1.54) is 12.8 Å². The van der Waals surface area contributed by atoms with Crippen LogP contribution in [0.3, 0.4) is 0 Å². The molecule has 6 nitrogen and oxygen atoms in total. The first kappa shape index (κ1) is 15.6. The van der Waals surface area contributed by atoms with Crippen molar-refractivity contribution in [1.29, 1.82) is 0 Å². The number of amides is 1. The first-order valence-corrected chi connectivity index (χ1v) is 9.56. The number of aryl methyl sites for hydroxylation is 1.